The molecule has 2 amide bonds. The minimum absolute atomic E-state index is 0.0324. The molecule has 0 aromatic carbocycles. The summed E-state index contributed by atoms with van der Waals surface area (Å²) in [6, 6.07) is -0.418. The van der Waals surface area contributed by atoms with Crippen molar-refractivity contribution >= 4 is 6.03 Å². The predicted octanol–water partition coefficient (Wildman–Crippen LogP) is -0.446. The minimum atomic E-state index is -0.418. The summed E-state index contributed by atoms with van der Waals surface area (Å²) in [4.78, 5) is 14.9. The Balaban J connectivity index is 2.04. The molecule has 2 saturated heterocycles. The highest BCUT2D eigenvalue weighted by Gasteiger charge is 2.37. The Bertz CT molecular complexity index is 228. The van der Waals surface area contributed by atoms with Gasteiger partial charge in [0.15, 0.2) is 0 Å². The molecule has 0 spiro atoms. The van der Waals surface area contributed by atoms with Crippen LogP contribution in [0.15, 0.2) is 0 Å². The summed E-state index contributed by atoms with van der Waals surface area (Å²) in [5.41, 5.74) is 5.27. The molecule has 0 saturated carbocycles. The third-order valence-corrected chi connectivity index (χ3v) is 3.10. The Morgan fingerprint density at radius 2 is 2.00 bits per heavy atom. The van der Waals surface area contributed by atoms with Crippen molar-refractivity contribution < 1.29 is 9.90 Å². The zero-order chi connectivity index (χ0) is 10.1. The number of amides is 2. The topological polar surface area (TPSA) is 69.8 Å². The van der Waals surface area contributed by atoms with Crippen LogP contribution in [0.2, 0.25) is 0 Å². The first-order valence-electron chi connectivity index (χ1n) is 5.16. The van der Waals surface area contributed by atoms with E-state index < -0.39 is 12.1 Å². The first-order chi connectivity index (χ1) is 6.68. The highest BCUT2D eigenvalue weighted by atomic mass is 16.3. The minimum Gasteiger partial charge on any atom is -0.391 e. The molecule has 2 rings (SSSR count). The van der Waals surface area contributed by atoms with Crippen molar-refractivity contribution in [2.45, 2.75) is 31.5 Å². The maximum absolute atomic E-state index is 11.1. The van der Waals surface area contributed by atoms with E-state index in [1.54, 1.807) is 4.90 Å². The molecule has 2 aliphatic heterocycles. The summed E-state index contributed by atoms with van der Waals surface area (Å²) < 4.78 is 0. The summed E-state index contributed by atoms with van der Waals surface area (Å²) in [5.74, 6) is 0. The number of carbonyl (C=O) groups excluding carboxylic acids is 1. The van der Waals surface area contributed by atoms with Crippen LogP contribution in [0.3, 0.4) is 0 Å². The van der Waals surface area contributed by atoms with Crippen molar-refractivity contribution in [1.82, 2.24) is 9.80 Å². The maximum Gasteiger partial charge on any atom is 0.316 e. The molecule has 2 aliphatic rings. The predicted molar refractivity (Wildman–Crippen MR) is 51.5 cm³/mol. The molecule has 0 aromatic rings. The van der Waals surface area contributed by atoms with Gasteiger partial charge in [-0.05, 0) is 12.8 Å². The molecular formula is C9H17N3O2. The lowest BCUT2D eigenvalue weighted by molar-refractivity contribution is 0.117. The molecule has 2 heterocycles. The normalized spacial score (nSPS) is 33.9. The highest BCUT2D eigenvalue weighted by Crippen LogP contribution is 2.24. The number of hydrogen-bond acceptors (Lipinski definition) is 3. The van der Waals surface area contributed by atoms with Crippen molar-refractivity contribution in [3.05, 3.63) is 0 Å². The molecular weight excluding hydrogens is 182 g/mol. The van der Waals surface area contributed by atoms with Crippen LogP contribution >= 0.6 is 0 Å². The molecule has 0 bridgehead atoms. The number of rotatable bonds is 1. The SMILES string of the molecule is NC(=O)N1CC(O)CC1N1CCCC1. The third-order valence-electron chi connectivity index (χ3n) is 3.10. The smallest absolute Gasteiger partial charge is 0.316 e. The first kappa shape index (κ1) is 9.73. The van der Waals surface area contributed by atoms with Gasteiger partial charge in [0, 0.05) is 19.5 Å². The summed E-state index contributed by atoms with van der Waals surface area (Å²) in [6.07, 6.45) is 2.62. The van der Waals surface area contributed by atoms with Gasteiger partial charge in [-0.2, -0.15) is 0 Å². The fraction of sp³-hybridized carbons (Fsp3) is 0.889. The lowest BCUT2D eigenvalue weighted by Crippen LogP contribution is -2.48. The largest absolute Gasteiger partial charge is 0.391 e. The second-order valence-electron chi connectivity index (χ2n) is 4.10. The van der Waals surface area contributed by atoms with Gasteiger partial charge in [-0.3, -0.25) is 4.90 Å². The number of likely N-dealkylation sites (tertiary alicyclic amines) is 2. The second kappa shape index (κ2) is 3.74. The van der Waals surface area contributed by atoms with Crippen molar-refractivity contribution in [2.24, 2.45) is 5.73 Å². The number of hydrogen-bond donors (Lipinski definition) is 2. The van der Waals surface area contributed by atoms with Crippen LogP contribution in [0.5, 0.6) is 0 Å². The molecule has 2 unspecified atom stereocenters. The van der Waals surface area contributed by atoms with E-state index in [1.165, 1.54) is 12.8 Å². The molecule has 5 nitrogen and oxygen atoms in total. The van der Waals surface area contributed by atoms with Gasteiger partial charge in [0.25, 0.3) is 0 Å². The Hall–Kier alpha value is -0.810. The van der Waals surface area contributed by atoms with E-state index in [-0.39, 0.29) is 6.17 Å². The molecule has 14 heavy (non-hydrogen) atoms. The molecule has 2 fully saturated rings. The number of carbonyl (C=O) groups is 1. The third kappa shape index (κ3) is 1.69. The van der Waals surface area contributed by atoms with Crippen LogP contribution < -0.4 is 5.73 Å². The average molecular weight is 199 g/mol. The zero-order valence-electron chi connectivity index (χ0n) is 8.22. The van der Waals surface area contributed by atoms with E-state index in [0.717, 1.165) is 13.1 Å². The van der Waals surface area contributed by atoms with Gasteiger partial charge in [-0.15, -0.1) is 0 Å². The lowest BCUT2D eigenvalue weighted by Gasteiger charge is -2.30. The quantitative estimate of drug-likeness (QED) is 0.601. The Labute approximate surface area is 83.5 Å². The number of nitrogens with zero attached hydrogens (tertiary/aromatic N) is 2. The van der Waals surface area contributed by atoms with Crippen LogP contribution in [0.25, 0.3) is 0 Å². The van der Waals surface area contributed by atoms with E-state index in [4.69, 9.17) is 5.73 Å². The summed E-state index contributed by atoms with van der Waals surface area (Å²) in [7, 11) is 0. The van der Waals surface area contributed by atoms with Crippen molar-refractivity contribution in [1.29, 1.82) is 0 Å². The van der Waals surface area contributed by atoms with Gasteiger partial charge in [0.2, 0.25) is 0 Å². The van der Waals surface area contributed by atoms with Gasteiger partial charge < -0.3 is 15.7 Å². The van der Waals surface area contributed by atoms with Gasteiger partial charge in [-0.25, -0.2) is 4.79 Å². The van der Waals surface area contributed by atoms with E-state index >= 15 is 0 Å². The van der Waals surface area contributed by atoms with Gasteiger partial charge in [-0.1, -0.05) is 0 Å². The molecule has 80 valence electrons. The summed E-state index contributed by atoms with van der Waals surface area (Å²) in [5, 5.41) is 9.50. The van der Waals surface area contributed by atoms with Crippen LogP contribution in [0, 0.1) is 0 Å². The summed E-state index contributed by atoms with van der Waals surface area (Å²) in [6.45, 7) is 2.42. The van der Waals surface area contributed by atoms with Crippen molar-refractivity contribution in [3.63, 3.8) is 0 Å². The van der Waals surface area contributed by atoms with Crippen LogP contribution in [-0.2, 0) is 0 Å². The standard InChI is InChI=1S/C9H17N3O2/c10-9(14)12-6-7(13)5-8(12)11-3-1-2-4-11/h7-8,13H,1-6H2,(H2,10,14). The molecule has 3 N–H and O–H groups in total. The number of primary amides is 1. The molecule has 0 radical (unpaired) electrons. The number of aliphatic hydroxyl groups is 1. The van der Waals surface area contributed by atoms with E-state index in [9.17, 15) is 9.90 Å². The first-order valence-corrected chi connectivity index (χ1v) is 5.16. The average Bonchev–Trinajstić information content (AvgIpc) is 2.70. The number of nitrogens with two attached hydrogens (primary N) is 1. The maximum atomic E-state index is 11.1. The Kier molecular flexibility index (Phi) is 2.60. The van der Waals surface area contributed by atoms with Crippen LogP contribution in [0.1, 0.15) is 19.3 Å². The van der Waals surface area contributed by atoms with Crippen LogP contribution in [0.4, 0.5) is 4.79 Å². The number of aliphatic hydroxyl groups excluding tert-OH is 1. The fourth-order valence-corrected chi connectivity index (χ4v) is 2.42. The number of urea groups is 1. The molecule has 5 heteroatoms. The van der Waals surface area contributed by atoms with Gasteiger partial charge in [0.1, 0.15) is 0 Å². The van der Waals surface area contributed by atoms with E-state index in [1.807, 2.05) is 0 Å². The Morgan fingerprint density at radius 3 is 2.57 bits per heavy atom. The highest BCUT2D eigenvalue weighted by molar-refractivity contribution is 5.72. The molecule has 0 aliphatic carbocycles. The van der Waals surface area contributed by atoms with Crippen molar-refractivity contribution in [3.8, 4) is 0 Å². The van der Waals surface area contributed by atoms with Gasteiger partial charge >= 0.3 is 6.03 Å². The van der Waals surface area contributed by atoms with Crippen LogP contribution in [-0.4, -0.2) is 52.8 Å². The van der Waals surface area contributed by atoms with E-state index in [0.29, 0.717) is 13.0 Å². The monoisotopic (exact) mass is 199 g/mol. The fourth-order valence-electron chi connectivity index (χ4n) is 2.42. The van der Waals surface area contributed by atoms with Crippen molar-refractivity contribution in [2.75, 3.05) is 19.6 Å². The second-order valence-corrected chi connectivity index (χ2v) is 4.10. The van der Waals surface area contributed by atoms with E-state index in [2.05, 4.69) is 4.90 Å². The molecule has 0 aromatic heterocycles. The summed E-state index contributed by atoms with van der Waals surface area (Å²) >= 11 is 0. The Morgan fingerprint density at radius 1 is 1.36 bits per heavy atom. The number of β-amino-alcohol motifs (C(OH)–C–C–N with tert-alkyl or cyclic N) is 1. The zero-order valence-corrected chi connectivity index (χ0v) is 8.22. The lowest BCUT2D eigenvalue weighted by atomic mass is 10.3. The molecule has 2 atom stereocenters. The van der Waals surface area contributed by atoms with Gasteiger partial charge in [0.05, 0.1) is 18.8 Å².